The highest BCUT2D eigenvalue weighted by Crippen LogP contribution is 2.22. The molecule has 0 saturated heterocycles. The molecule has 0 fully saturated rings. The number of aryl methyl sites for hydroxylation is 1. The van der Waals surface area contributed by atoms with E-state index < -0.39 is 5.97 Å². The summed E-state index contributed by atoms with van der Waals surface area (Å²) in [4.78, 5) is 29.3. The van der Waals surface area contributed by atoms with Crippen LogP contribution >= 0.6 is 0 Å². The van der Waals surface area contributed by atoms with Crippen LogP contribution in [0.4, 0.5) is 0 Å². The number of hydrogen-bond donors (Lipinski definition) is 2. The summed E-state index contributed by atoms with van der Waals surface area (Å²) in [5.74, 6) is -0.977. The van der Waals surface area contributed by atoms with Gasteiger partial charge in [-0.3, -0.25) is 9.55 Å². The molecule has 0 bridgehead atoms. The van der Waals surface area contributed by atoms with Crippen LogP contribution in [0, 0.1) is 0 Å². The van der Waals surface area contributed by atoms with Gasteiger partial charge in [0.15, 0.2) is 5.65 Å². The van der Waals surface area contributed by atoms with Crippen LogP contribution in [0.2, 0.25) is 0 Å². The van der Waals surface area contributed by atoms with Crippen molar-refractivity contribution in [1.29, 1.82) is 0 Å². The van der Waals surface area contributed by atoms with Crippen LogP contribution in [-0.2, 0) is 7.05 Å². The first-order valence-electron chi connectivity index (χ1n) is 5.95. The summed E-state index contributed by atoms with van der Waals surface area (Å²) in [5.41, 5.74) is 2.67. The molecular weight excluding hydrogens is 258 g/mol. The molecule has 2 heterocycles. The van der Waals surface area contributed by atoms with Crippen molar-refractivity contribution in [2.24, 2.45) is 7.05 Å². The number of rotatable bonds is 2. The fourth-order valence-corrected chi connectivity index (χ4v) is 2.09. The average Bonchev–Trinajstić information content (AvgIpc) is 2.74. The highest BCUT2D eigenvalue weighted by molar-refractivity contribution is 5.89. The molecule has 3 rings (SSSR count). The molecule has 0 aliphatic carbocycles. The fraction of sp³-hybridized carbons (Fsp3) is 0.0714. The lowest BCUT2D eigenvalue weighted by Crippen LogP contribution is -2.11. The Bertz CT molecular complexity index is 877. The monoisotopic (exact) mass is 269 g/mol. The van der Waals surface area contributed by atoms with Crippen molar-refractivity contribution < 1.29 is 9.90 Å². The maximum Gasteiger partial charge on any atom is 0.335 e. The minimum atomic E-state index is -0.977. The predicted octanol–water partition coefficient (Wildman–Crippen LogP) is 1.63. The zero-order valence-electron chi connectivity index (χ0n) is 10.6. The minimum Gasteiger partial charge on any atom is -0.478 e. The van der Waals surface area contributed by atoms with E-state index in [9.17, 15) is 9.59 Å². The maximum atomic E-state index is 11.5. The van der Waals surface area contributed by atoms with Crippen molar-refractivity contribution >= 4 is 17.1 Å². The van der Waals surface area contributed by atoms with Crippen molar-refractivity contribution in [3.8, 4) is 11.1 Å². The van der Waals surface area contributed by atoms with Gasteiger partial charge in [-0.1, -0.05) is 12.1 Å². The van der Waals surface area contributed by atoms with Crippen molar-refractivity contribution in [2.45, 2.75) is 0 Å². The number of fused-ring (bicyclic) bond motifs is 1. The number of H-pyrrole nitrogens is 1. The quantitative estimate of drug-likeness (QED) is 0.740. The Kier molecular flexibility index (Phi) is 2.64. The highest BCUT2D eigenvalue weighted by Gasteiger charge is 2.08. The number of aromatic nitrogens is 3. The van der Waals surface area contributed by atoms with Gasteiger partial charge in [0.25, 0.3) is 0 Å². The second-order valence-electron chi connectivity index (χ2n) is 4.47. The molecule has 6 heteroatoms. The molecular formula is C14H11N3O3. The fourth-order valence-electron chi connectivity index (χ4n) is 2.09. The summed E-state index contributed by atoms with van der Waals surface area (Å²) in [6.07, 6.45) is 1.61. The van der Waals surface area contributed by atoms with Gasteiger partial charge in [-0.25, -0.2) is 14.6 Å². The van der Waals surface area contributed by atoms with E-state index in [0.717, 1.165) is 11.1 Å². The second kappa shape index (κ2) is 4.34. The van der Waals surface area contributed by atoms with E-state index >= 15 is 0 Å². The van der Waals surface area contributed by atoms with E-state index in [1.165, 1.54) is 10.6 Å². The largest absolute Gasteiger partial charge is 0.478 e. The van der Waals surface area contributed by atoms with E-state index in [4.69, 9.17) is 5.11 Å². The van der Waals surface area contributed by atoms with Crippen LogP contribution < -0.4 is 5.69 Å². The standard InChI is InChI=1S/C14H11N3O3/c1-17-11-6-10(7-15-12(11)16-14(17)20)8-3-2-4-9(5-8)13(18)19/h2-7H,1H3,(H,18,19)(H,15,16,20). The third kappa shape index (κ3) is 1.87. The molecule has 0 aliphatic heterocycles. The number of aromatic amines is 1. The minimum absolute atomic E-state index is 0.213. The van der Waals surface area contributed by atoms with E-state index in [2.05, 4.69) is 9.97 Å². The van der Waals surface area contributed by atoms with E-state index in [1.807, 2.05) is 0 Å². The van der Waals surface area contributed by atoms with Gasteiger partial charge in [0.1, 0.15) is 0 Å². The number of aromatic carboxylic acids is 1. The van der Waals surface area contributed by atoms with Crippen LogP contribution in [0.3, 0.4) is 0 Å². The number of benzene rings is 1. The Hall–Kier alpha value is -2.89. The van der Waals surface area contributed by atoms with Gasteiger partial charge in [-0.05, 0) is 23.8 Å². The normalized spacial score (nSPS) is 10.8. The van der Waals surface area contributed by atoms with Gasteiger partial charge in [0, 0.05) is 18.8 Å². The Balaban J connectivity index is 2.19. The molecule has 0 saturated carbocycles. The Morgan fingerprint density at radius 1 is 1.30 bits per heavy atom. The SMILES string of the molecule is Cn1c(=O)[nH]c2ncc(-c3cccc(C(=O)O)c3)cc21. The molecule has 1 aromatic carbocycles. The molecule has 0 spiro atoms. The first-order valence-corrected chi connectivity index (χ1v) is 5.95. The zero-order valence-corrected chi connectivity index (χ0v) is 10.6. The number of carbonyl (C=O) groups is 1. The molecule has 0 radical (unpaired) electrons. The molecule has 20 heavy (non-hydrogen) atoms. The second-order valence-corrected chi connectivity index (χ2v) is 4.47. The Labute approximate surface area is 113 Å². The number of carboxylic acid groups (broad SMARTS) is 1. The van der Waals surface area contributed by atoms with Gasteiger partial charge in [-0.2, -0.15) is 0 Å². The first-order chi connectivity index (χ1) is 9.56. The van der Waals surface area contributed by atoms with E-state index in [1.54, 1.807) is 37.5 Å². The lowest BCUT2D eigenvalue weighted by Gasteiger charge is -2.03. The summed E-state index contributed by atoms with van der Waals surface area (Å²) in [6, 6.07) is 8.40. The molecule has 0 atom stereocenters. The van der Waals surface area contributed by atoms with Gasteiger partial charge >= 0.3 is 11.7 Å². The third-order valence-corrected chi connectivity index (χ3v) is 3.20. The van der Waals surface area contributed by atoms with Crippen molar-refractivity contribution in [1.82, 2.24) is 14.5 Å². The van der Waals surface area contributed by atoms with Gasteiger partial charge in [-0.15, -0.1) is 0 Å². The molecule has 0 aliphatic rings. The van der Waals surface area contributed by atoms with Crippen molar-refractivity contribution in [2.75, 3.05) is 0 Å². The number of nitrogens with one attached hydrogen (secondary N) is 1. The van der Waals surface area contributed by atoms with Crippen LogP contribution in [-0.4, -0.2) is 25.6 Å². The number of nitrogens with zero attached hydrogens (tertiary/aromatic N) is 2. The molecule has 0 amide bonds. The number of hydrogen-bond acceptors (Lipinski definition) is 3. The summed E-state index contributed by atoms with van der Waals surface area (Å²) in [6.45, 7) is 0. The number of imidazole rings is 1. The molecule has 2 aromatic heterocycles. The van der Waals surface area contributed by atoms with Crippen LogP contribution in [0.5, 0.6) is 0 Å². The lowest BCUT2D eigenvalue weighted by molar-refractivity contribution is 0.0697. The van der Waals surface area contributed by atoms with Gasteiger partial charge in [0.2, 0.25) is 0 Å². The predicted molar refractivity (Wildman–Crippen MR) is 73.7 cm³/mol. The van der Waals surface area contributed by atoms with Crippen LogP contribution in [0.1, 0.15) is 10.4 Å². The Morgan fingerprint density at radius 2 is 2.10 bits per heavy atom. The third-order valence-electron chi connectivity index (χ3n) is 3.20. The van der Waals surface area contributed by atoms with Gasteiger partial charge in [0.05, 0.1) is 11.1 Å². The Morgan fingerprint density at radius 3 is 2.85 bits per heavy atom. The molecule has 3 aromatic rings. The smallest absolute Gasteiger partial charge is 0.335 e. The lowest BCUT2D eigenvalue weighted by atomic mass is 10.0. The average molecular weight is 269 g/mol. The summed E-state index contributed by atoms with van der Waals surface area (Å²) in [5, 5.41) is 9.01. The summed E-state index contributed by atoms with van der Waals surface area (Å²) in [7, 11) is 1.65. The molecule has 6 nitrogen and oxygen atoms in total. The van der Waals surface area contributed by atoms with Crippen LogP contribution in [0.25, 0.3) is 22.3 Å². The zero-order chi connectivity index (χ0) is 14.3. The topological polar surface area (TPSA) is 88.0 Å². The maximum absolute atomic E-state index is 11.5. The highest BCUT2D eigenvalue weighted by atomic mass is 16.4. The van der Waals surface area contributed by atoms with E-state index in [-0.39, 0.29) is 11.3 Å². The molecule has 2 N–H and O–H groups in total. The van der Waals surface area contributed by atoms with Crippen molar-refractivity contribution in [3.63, 3.8) is 0 Å². The van der Waals surface area contributed by atoms with E-state index in [0.29, 0.717) is 11.2 Å². The molecule has 100 valence electrons. The van der Waals surface area contributed by atoms with Gasteiger partial charge < -0.3 is 5.11 Å². The summed E-state index contributed by atoms with van der Waals surface area (Å²) >= 11 is 0. The molecule has 0 unspecified atom stereocenters. The summed E-state index contributed by atoms with van der Waals surface area (Å²) < 4.78 is 1.47. The first kappa shape index (κ1) is 12.2. The number of pyridine rings is 1. The van der Waals surface area contributed by atoms with Crippen molar-refractivity contribution in [3.05, 3.63) is 52.6 Å². The van der Waals surface area contributed by atoms with Crippen LogP contribution in [0.15, 0.2) is 41.3 Å². The number of carboxylic acids is 1.